The van der Waals surface area contributed by atoms with Crippen molar-refractivity contribution in [3.63, 3.8) is 0 Å². The number of fused-ring (bicyclic) bond motifs is 1. The monoisotopic (exact) mass is 619 g/mol. The Labute approximate surface area is 264 Å². The number of piperazine rings is 1. The maximum absolute atomic E-state index is 13.8. The summed E-state index contributed by atoms with van der Waals surface area (Å²) in [5.41, 5.74) is 1.58. The normalized spacial score (nSPS) is 17.4. The number of nitrogens with zero attached hydrogens (tertiary/aromatic N) is 6. The topological polar surface area (TPSA) is 124 Å². The lowest BCUT2D eigenvalue weighted by Crippen LogP contribution is -2.59. The minimum atomic E-state index is -0.705. The van der Waals surface area contributed by atoms with Crippen LogP contribution >= 0.6 is 0 Å². The van der Waals surface area contributed by atoms with Gasteiger partial charge in [-0.25, -0.2) is 14.8 Å². The molecule has 2 fully saturated rings. The van der Waals surface area contributed by atoms with Gasteiger partial charge in [-0.15, -0.1) is 5.06 Å². The number of ether oxygens (including phenoxy) is 2. The highest BCUT2D eigenvalue weighted by Gasteiger charge is 2.38. The highest BCUT2D eigenvalue weighted by molar-refractivity contribution is 5.84. The first kappa shape index (κ1) is 32.2. The predicted molar refractivity (Wildman–Crippen MR) is 175 cm³/mol. The molecule has 242 valence electrons. The molecule has 12 nitrogen and oxygen atoms in total. The van der Waals surface area contributed by atoms with Crippen LogP contribution in [0.5, 0.6) is 0 Å². The van der Waals surface area contributed by atoms with E-state index in [4.69, 9.17) is 19.3 Å². The van der Waals surface area contributed by atoms with Gasteiger partial charge in [-0.3, -0.25) is 9.36 Å². The lowest BCUT2D eigenvalue weighted by atomic mass is 10.0. The molecule has 0 spiro atoms. The van der Waals surface area contributed by atoms with Gasteiger partial charge in [-0.05, 0) is 79.0 Å². The fraction of sp³-hybridized carbons (Fsp3) is 0.545. The van der Waals surface area contributed by atoms with Gasteiger partial charge < -0.3 is 24.5 Å². The van der Waals surface area contributed by atoms with E-state index >= 15 is 0 Å². The first-order chi connectivity index (χ1) is 21.3. The van der Waals surface area contributed by atoms with Crippen molar-refractivity contribution in [1.29, 1.82) is 0 Å². The number of carbonyl (C=O) groups is 1. The third-order valence-electron chi connectivity index (χ3n) is 8.25. The second kappa shape index (κ2) is 12.7. The maximum Gasteiger partial charge on any atom is 0.528 e. The maximum atomic E-state index is 13.8. The molecule has 3 aromatic heterocycles. The van der Waals surface area contributed by atoms with Gasteiger partial charge in [0.1, 0.15) is 22.8 Å². The molecule has 1 aliphatic heterocycles. The zero-order chi connectivity index (χ0) is 32.5. The summed E-state index contributed by atoms with van der Waals surface area (Å²) in [5, 5.41) is 5.69. The van der Waals surface area contributed by atoms with Crippen molar-refractivity contribution < 1.29 is 19.1 Å². The molecule has 1 saturated carbocycles. The second-order valence-corrected chi connectivity index (χ2v) is 13.3. The number of pyridine rings is 2. The Balaban J connectivity index is 1.34. The van der Waals surface area contributed by atoms with Crippen molar-refractivity contribution in [2.24, 2.45) is 0 Å². The summed E-state index contributed by atoms with van der Waals surface area (Å²) in [4.78, 5) is 47.9. The molecular weight excluding hydrogens is 574 g/mol. The number of hydroxylamine groups is 2. The second-order valence-electron chi connectivity index (χ2n) is 13.3. The molecule has 12 heteroatoms. The highest BCUT2D eigenvalue weighted by Crippen LogP contribution is 2.33. The number of carbonyl (C=O) groups excluding carboxylic acids is 1. The third-order valence-corrected chi connectivity index (χ3v) is 8.25. The van der Waals surface area contributed by atoms with E-state index in [1.54, 1.807) is 17.5 Å². The van der Waals surface area contributed by atoms with Gasteiger partial charge in [0.2, 0.25) is 5.95 Å². The molecule has 0 amide bonds. The third kappa shape index (κ3) is 7.06. The zero-order valence-corrected chi connectivity index (χ0v) is 27.5. The molecule has 0 atom stereocenters. The lowest BCUT2D eigenvalue weighted by molar-refractivity contribution is -0.194. The number of hydrogen-bond donors (Lipinski definition) is 1. The van der Waals surface area contributed by atoms with E-state index in [1.807, 2.05) is 65.2 Å². The smallest absolute Gasteiger partial charge is 0.494 e. The van der Waals surface area contributed by atoms with Crippen molar-refractivity contribution >= 4 is 40.4 Å². The molecule has 1 N–H and O–H groups in total. The molecule has 2 aliphatic rings. The Morgan fingerprint density at radius 3 is 2.49 bits per heavy atom. The van der Waals surface area contributed by atoms with Crippen LogP contribution in [0.25, 0.3) is 16.8 Å². The van der Waals surface area contributed by atoms with Crippen LogP contribution in [-0.4, -0.2) is 68.1 Å². The van der Waals surface area contributed by atoms with Crippen LogP contribution in [0.3, 0.4) is 0 Å². The Morgan fingerprint density at radius 1 is 1.13 bits per heavy atom. The average Bonchev–Trinajstić information content (AvgIpc) is 3.48. The van der Waals surface area contributed by atoms with E-state index in [-0.39, 0.29) is 11.6 Å². The van der Waals surface area contributed by atoms with Crippen LogP contribution in [-0.2, 0) is 14.3 Å². The summed E-state index contributed by atoms with van der Waals surface area (Å²) in [6.45, 7) is 19.5. The summed E-state index contributed by atoms with van der Waals surface area (Å²) < 4.78 is 12.8. The minimum Gasteiger partial charge on any atom is -0.494 e. The molecule has 1 aliphatic carbocycles. The van der Waals surface area contributed by atoms with Crippen molar-refractivity contribution in [1.82, 2.24) is 24.6 Å². The van der Waals surface area contributed by atoms with Crippen LogP contribution in [0.4, 0.5) is 22.2 Å². The van der Waals surface area contributed by atoms with Gasteiger partial charge in [0.25, 0.3) is 5.56 Å². The van der Waals surface area contributed by atoms with Crippen LogP contribution in [0, 0.1) is 6.92 Å². The first-order valence-corrected chi connectivity index (χ1v) is 15.7. The Bertz CT molecular complexity index is 1620. The predicted octanol–water partition coefficient (Wildman–Crippen LogP) is 6.13. The van der Waals surface area contributed by atoms with Crippen LogP contribution in [0.15, 0.2) is 35.9 Å². The van der Waals surface area contributed by atoms with E-state index in [2.05, 4.69) is 26.8 Å². The first-order valence-electron chi connectivity index (χ1n) is 15.7. The van der Waals surface area contributed by atoms with E-state index in [0.717, 1.165) is 42.3 Å². The molecule has 0 aromatic carbocycles. The molecule has 45 heavy (non-hydrogen) atoms. The van der Waals surface area contributed by atoms with Crippen LogP contribution in [0.1, 0.15) is 84.4 Å². The van der Waals surface area contributed by atoms with Gasteiger partial charge in [0.05, 0.1) is 36.1 Å². The molecule has 0 unspecified atom stereocenters. The number of rotatable bonds is 8. The summed E-state index contributed by atoms with van der Waals surface area (Å²) in [7, 11) is 0. The van der Waals surface area contributed by atoms with E-state index in [0.29, 0.717) is 55.0 Å². The van der Waals surface area contributed by atoms with Crippen molar-refractivity contribution in [2.75, 3.05) is 36.5 Å². The quantitative estimate of drug-likeness (QED) is 0.231. The molecular formula is C33H45N7O5. The fourth-order valence-electron chi connectivity index (χ4n) is 6.12. The molecule has 3 aromatic rings. The number of nitrogens with one attached hydrogen (secondary N) is 1. The Hall–Kier alpha value is -4.19. The van der Waals surface area contributed by atoms with Gasteiger partial charge in [-0.1, -0.05) is 19.4 Å². The van der Waals surface area contributed by atoms with Crippen molar-refractivity contribution in [3.8, 4) is 0 Å². The zero-order valence-electron chi connectivity index (χ0n) is 27.5. The van der Waals surface area contributed by atoms with E-state index < -0.39 is 17.3 Å². The standard InChI is InChI=1S/C33H45N7O5/c1-9-43-22(3)27-21(2)25-19-35-30(37-28(25)40(29(27)41)23-12-10-11-13-23)36-26-15-14-24(18-34-26)38-16-17-39(33(7,8)20-38)45-31(42)44-32(4,5)6/h14-15,18-19,23H,3,9-13,16-17,20H2,1-2,4-8H3,(H,34,35,36,37). The summed E-state index contributed by atoms with van der Waals surface area (Å²) in [6.07, 6.45) is 6.84. The van der Waals surface area contributed by atoms with Gasteiger partial charge in [-0.2, -0.15) is 4.98 Å². The van der Waals surface area contributed by atoms with Crippen molar-refractivity contribution in [2.45, 2.75) is 91.3 Å². The summed E-state index contributed by atoms with van der Waals surface area (Å²) in [5.74, 6) is 1.32. The van der Waals surface area contributed by atoms with Crippen LogP contribution < -0.4 is 15.8 Å². The fourth-order valence-corrected chi connectivity index (χ4v) is 6.12. The molecule has 5 rings (SSSR count). The van der Waals surface area contributed by atoms with E-state index in [9.17, 15) is 9.59 Å². The Morgan fingerprint density at radius 2 is 1.87 bits per heavy atom. The SMILES string of the molecule is C=C(OCC)c1c(C)c2cnc(Nc3ccc(N4CCN(OC(=O)OC(C)(C)C)C(C)(C)C4)cn3)nc2n(C2CCCC2)c1=O. The van der Waals surface area contributed by atoms with Crippen molar-refractivity contribution in [3.05, 3.63) is 52.6 Å². The molecule has 0 bridgehead atoms. The number of aromatic nitrogens is 4. The minimum absolute atomic E-state index is 0.0631. The van der Waals surface area contributed by atoms with Gasteiger partial charge in [0, 0.05) is 30.7 Å². The largest absolute Gasteiger partial charge is 0.528 e. The number of hydrogen-bond acceptors (Lipinski definition) is 11. The molecule has 1 saturated heterocycles. The molecule has 4 heterocycles. The average molecular weight is 620 g/mol. The van der Waals surface area contributed by atoms with Gasteiger partial charge >= 0.3 is 6.16 Å². The number of anilines is 3. The lowest BCUT2D eigenvalue weighted by Gasteiger charge is -2.45. The summed E-state index contributed by atoms with van der Waals surface area (Å²) >= 11 is 0. The number of aryl methyl sites for hydroxylation is 1. The van der Waals surface area contributed by atoms with Gasteiger partial charge in [0.15, 0.2) is 0 Å². The molecule has 0 radical (unpaired) electrons. The van der Waals surface area contributed by atoms with Crippen LogP contribution in [0.2, 0.25) is 0 Å². The highest BCUT2D eigenvalue weighted by atomic mass is 16.8. The van der Waals surface area contributed by atoms with E-state index in [1.165, 1.54) is 0 Å². The Kier molecular flexibility index (Phi) is 9.06. The summed E-state index contributed by atoms with van der Waals surface area (Å²) in [6, 6.07) is 3.93.